The maximum absolute atomic E-state index is 5.80. The number of nitrogens with zero attached hydrogens (tertiary/aromatic N) is 1. The molecule has 0 aliphatic heterocycles. The van der Waals surface area contributed by atoms with Crippen LogP contribution >= 0.6 is 15.9 Å². The summed E-state index contributed by atoms with van der Waals surface area (Å²) in [4.78, 5) is 4.33. The molecule has 1 unspecified atom stereocenters. The molecule has 1 heterocycles. The number of nitrogens with one attached hydrogen (secondary N) is 1. The Morgan fingerprint density at radius 3 is 2.83 bits per heavy atom. The van der Waals surface area contributed by atoms with Crippen molar-refractivity contribution in [1.82, 2.24) is 10.3 Å². The van der Waals surface area contributed by atoms with E-state index in [1.54, 1.807) is 6.20 Å². The summed E-state index contributed by atoms with van der Waals surface area (Å²) in [5.41, 5.74) is 2.24. The molecule has 0 saturated carbocycles. The topological polar surface area (TPSA) is 38.1 Å². The van der Waals surface area contributed by atoms with Crippen molar-refractivity contribution >= 4 is 15.9 Å². The quantitative estimate of drug-likeness (QED) is 0.924. The van der Waals surface area contributed by atoms with Crippen molar-refractivity contribution < 1.29 is 4.42 Å². The molecule has 0 spiro atoms. The molecule has 1 aromatic heterocycles. The number of aryl methyl sites for hydroxylation is 1. The summed E-state index contributed by atoms with van der Waals surface area (Å²) in [5, 5.41) is 3.28. The Hall–Kier alpha value is -1.13. The van der Waals surface area contributed by atoms with Crippen molar-refractivity contribution in [2.45, 2.75) is 26.8 Å². The molecule has 1 aromatic carbocycles. The van der Waals surface area contributed by atoms with Crippen molar-refractivity contribution in [3.63, 3.8) is 0 Å². The Bertz CT molecular complexity index is 516. The van der Waals surface area contributed by atoms with E-state index >= 15 is 0 Å². The second kappa shape index (κ2) is 5.67. The number of rotatable bonds is 4. The molecule has 0 fully saturated rings. The van der Waals surface area contributed by atoms with Gasteiger partial charge < -0.3 is 9.73 Å². The first-order chi connectivity index (χ1) is 8.60. The fourth-order valence-corrected chi connectivity index (χ4v) is 2.50. The second-order valence-corrected chi connectivity index (χ2v) is 5.28. The predicted molar refractivity (Wildman–Crippen MR) is 76.5 cm³/mol. The number of halogens is 1. The number of hydrogen-bond acceptors (Lipinski definition) is 3. The normalized spacial score (nSPS) is 12.7. The van der Waals surface area contributed by atoms with E-state index in [2.05, 4.69) is 52.2 Å². The zero-order valence-electron chi connectivity index (χ0n) is 10.8. The van der Waals surface area contributed by atoms with Crippen molar-refractivity contribution in [2.75, 3.05) is 6.54 Å². The number of oxazole rings is 1. The molecule has 0 aliphatic carbocycles. The smallest absolute Gasteiger partial charge is 0.211 e. The van der Waals surface area contributed by atoms with Crippen molar-refractivity contribution in [3.05, 3.63) is 40.3 Å². The minimum Gasteiger partial charge on any atom is -0.439 e. The molecule has 0 amide bonds. The second-order valence-electron chi connectivity index (χ2n) is 4.36. The fraction of sp³-hybridized carbons (Fsp3) is 0.357. The van der Waals surface area contributed by atoms with Crippen LogP contribution in [0.5, 0.6) is 0 Å². The van der Waals surface area contributed by atoms with Crippen LogP contribution in [0, 0.1) is 6.92 Å². The van der Waals surface area contributed by atoms with Gasteiger partial charge in [-0.1, -0.05) is 22.9 Å². The third-order valence-corrected chi connectivity index (χ3v) is 3.19. The molecule has 2 rings (SSSR count). The van der Waals surface area contributed by atoms with Gasteiger partial charge in [0.05, 0.1) is 12.2 Å². The Kier molecular flexibility index (Phi) is 4.19. The van der Waals surface area contributed by atoms with Gasteiger partial charge >= 0.3 is 0 Å². The molecule has 1 atom stereocenters. The molecule has 3 nitrogen and oxygen atoms in total. The number of hydrogen-bond donors (Lipinski definition) is 1. The van der Waals surface area contributed by atoms with E-state index in [4.69, 9.17) is 4.42 Å². The molecule has 0 saturated heterocycles. The van der Waals surface area contributed by atoms with Gasteiger partial charge in [0.15, 0.2) is 5.76 Å². The molecule has 4 heteroatoms. The third-order valence-electron chi connectivity index (χ3n) is 2.73. The van der Waals surface area contributed by atoms with Crippen molar-refractivity contribution in [3.8, 4) is 11.3 Å². The molecule has 96 valence electrons. The summed E-state index contributed by atoms with van der Waals surface area (Å²) < 4.78 is 6.85. The van der Waals surface area contributed by atoms with E-state index in [0.717, 1.165) is 28.2 Å². The van der Waals surface area contributed by atoms with Gasteiger partial charge in [-0.25, -0.2) is 4.98 Å². The summed E-state index contributed by atoms with van der Waals surface area (Å²) in [5.74, 6) is 1.53. The van der Waals surface area contributed by atoms with Gasteiger partial charge in [-0.2, -0.15) is 0 Å². The van der Waals surface area contributed by atoms with Gasteiger partial charge in [-0.15, -0.1) is 0 Å². The maximum atomic E-state index is 5.80. The molecular weight excluding hydrogens is 292 g/mol. The Morgan fingerprint density at radius 2 is 2.17 bits per heavy atom. The summed E-state index contributed by atoms with van der Waals surface area (Å²) in [6.45, 7) is 7.07. The fourth-order valence-electron chi connectivity index (χ4n) is 1.89. The zero-order chi connectivity index (χ0) is 13.1. The third kappa shape index (κ3) is 3.00. The monoisotopic (exact) mass is 308 g/mol. The standard InChI is InChI=1S/C14H17BrN2O/c1-4-16-10(3)14-17-8-13(18-14)11-5-9(2)6-12(15)7-11/h5-8,10,16H,4H2,1-3H3. The summed E-state index contributed by atoms with van der Waals surface area (Å²) >= 11 is 3.50. The van der Waals surface area contributed by atoms with Crippen LogP contribution in [0.15, 0.2) is 33.3 Å². The summed E-state index contributed by atoms with van der Waals surface area (Å²) in [6, 6.07) is 6.33. The number of benzene rings is 1. The van der Waals surface area contributed by atoms with Crippen LogP contribution in [0.3, 0.4) is 0 Å². The first-order valence-electron chi connectivity index (χ1n) is 6.07. The van der Waals surface area contributed by atoms with Gasteiger partial charge in [0.1, 0.15) is 0 Å². The minimum absolute atomic E-state index is 0.136. The maximum Gasteiger partial charge on any atom is 0.211 e. The van der Waals surface area contributed by atoms with Crippen LogP contribution in [-0.4, -0.2) is 11.5 Å². The van der Waals surface area contributed by atoms with Crippen LogP contribution in [0.1, 0.15) is 31.3 Å². The highest BCUT2D eigenvalue weighted by Gasteiger charge is 2.12. The van der Waals surface area contributed by atoms with Gasteiger partial charge in [0.25, 0.3) is 0 Å². The molecule has 0 aliphatic rings. The van der Waals surface area contributed by atoms with Crippen LogP contribution in [0.25, 0.3) is 11.3 Å². The highest BCUT2D eigenvalue weighted by molar-refractivity contribution is 9.10. The molecule has 2 aromatic rings. The Morgan fingerprint density at radius 1 is 1.39 bits per heavy atom. The largest absolute Gasteiger partial charge is 0.439 e. The lowest BCUT2D eigenvalue weighted by molar-refractivity contribution is 0.429. The van der Waals surface area contributed by atoms with E-state index in [9.17, 15) is 0 Å². The van der Waals surface area contributed by atoms with E-state index in [0.29, 0.717) is 0 Å². The molecule has 1 N–H and O–H groups in total. The minimum atomic E-state index is 0.136. The molecular formula is C14H17BrN2O. The van der Waals surface area contributed by atoms with E-state index < -0.39 is 0 Å². The van der Waals surface area contributed by atoms with E-state index in [-0.39, 0.29) is 6.04 Å². The van der Waals surface area contributed by atoms with Crippen molar-refractivity contribution in [1.29, 1.82) is 0 Å². The first-order valence-corrected chi connectivity index (χ1v) is 6.86. The van der Waals surface area contributed by atoms with E-state index in [1.807, 2.05) is 13.0 Å². The van der Waals surface area contributed by atoms with Crippen LogP contribution < -0.4 is 5.32 Å². The van der Waals surface area contributed by atoms with Gasteiger partial charge in [0.2, 0.25) is 5.89 Å². The van der Waals surface area contributed by atoms with E-state index in [1.165, 1.54) is 5.56 Å². The van der Waals surface area contributed by atoms with Crippen LogP contribution in [0.2, 0.25) is 0 Å². The first kappa shape index (κ1) is 13.3. The van der Waals surface area contributed by atoms with Gasteiger partial charge in [-0.05, 0) is 44.2 Å². The Labute approximate surface area is 116 Å². The lowest BCUT2D eigenvalue weighted by atomic mass is 10.1. The SMILES string of the molecule is CCNC(C)c1ncc(-c2cc(C)cc(Br)c2)o1. The molecule has 18 heavy (non-hydrogen) atoms. The predicted octanol–water partition coefficient (Wildman–Crippen LogP) is 4.08. The van der Waals surface area contributed by atoms with Crippen LogP contribution in [-0.2, 0) is 0 Å². The average Bonchev–Trinajstić information content (AvgIpc) is 2.77. The average molecular weight is 309 g/mol. The van der Waals surface area contributed by atoms with Gasteiger partial charge in [-0.3, -0.25) is 0 Å². The van der Waals surface area contributed by atoms with Gasteiger partial charge in [0, 0.05) is 10.0 Å². The highest BCUT2D eigenvalue weighted by atomic mass is 79.9. The van der Waals surface area contributed by atoms with Crippen molar-refractivity contribution in [2.24, 2.45) is 0 Å². The molecule has 0 bridgehead atoms. The zero-order valence-corrected chi connectivity index (χ0v) is 12.4. The van der Waals surface area contributed by atoms with Crippen LogP contribution in [0.4, 0.5) is 0 Å². The summed E-state index contributed by atoms with van der Waals surface area (Å²) in [6.07, 6.45) is 1.78. The number of aromatic nitrogens is 1. The molecule has 0 radical (unpaired) electrons. The lowest BCUT2D eigenvalue weighted by Gasteiger charge is -2.07. The Balaban J connectivity index is 2.29. The lowest BCUT2D eigenvalue weighted by Crippen LogP contribution is -2.17. The summed E-state index contributed by atoms with van der Waals surface area (Å²) in [7, 11) is 0. The highest BCUT2D eigenvalue weighted by Crippen LogP contribution is 2.26.